The SMILES string of the molecule is C=CCN[C@@H](C)C(=O)O.CC1(C)CCN[C@@H]1C(=O)O. The van der Waals surface area contributed by atoms with E-state index in [-0.39, 0.29) is 11.5 Å². The van der Waals surface area contributed by atoms with E-state index in [1.807, 2.05) is 13.8 Å². The molecule has 19 heavy (non-hydrogen) atoms. The first-order valence-electron chi connectivity index (χ1n) is 6.25. The molecule has 0 saturated carbocycles. The minimum absolute atomic E-state index is 0.0775. The second-order valence-corrected chi connectivity index (χ2v) is 5.22. The van der Waals surface area contributed by atoms with E-state index in [1.165, 1.54) is 0 Å². The fraction of sp³-hybridized carbons (Fsp3) is 0.692. The second-order valence-electron chi connectivity index (χ2n) is 5.22. The van der Waals surface area contributed by atoms with Crippen LogP contribution in [0.4, 0.5) is 0 Å². The first kappa shape index (κ1) is 17.6. The molecule has 0 aromatic heterocycles. The van der Waals surface area contributed by atoms with Crippen molar-refractivity contribution in [2.24, 2.45) is 5.41 Å². The average Bonchev–Trinajstić information content (AvgIpc) is 2.66. The molecule has 1 heterocycles. The Morgan fingerprint density at radius 1 is 1.53 bits per heavy atom. The Morgan fingerprint density at radius 2 is 2.11 bits per heavy atom. The van der Waals surface area contributed by atoms with Gasteiger partial charge in [-0.3, -0.25) is 9.59 Å². The molecule has 4 N–H and O–H groups in total. The average molecular weight is 272 g/mol. The van der Waals surface area contributed by atoms with E-state index in [0.717, 1.165) is 13.0 Å². The molecule has 0 aromatic carbocycles. The summed E-state index contributed by atoms with van der Waals surface area (Å²) in [6, 6.07) is -0.838. The van der Waals surface area contributed by atoms with E-state index in [4.69, 9.17) is 10.2 Å². The quantitative estimate of drug-likeness (QED) is 0.550. The predicted molar refractivity (Wildman–Crippen MR) is 73.1 cm³/mol. The molecule has 0 aliphatic carbocycles. The summed E-state index contributed by atoms with van der Waals surface area (Å²) >= 11 is 0. The van der Waals surface area contributed by atoms with Gasteiger partial charge in [-0.25, -0.2) is 0 Å². The summed E-state index contributed by atoms with van der Waals surface area (Å²) in [6.45, 7) is 10.3. The van der Waals surface area contributed by atoms with Gasteiger partial charge in [-0.2, -0.15) is 0 Å². The van der Waals surface area contributed by atoms with Gasteiger partial charge >= 0.3 is 11.9 Å². The number of nitrogens with one attached hydrogen (secondary N) is 2. The van der Waals surface area contributed by atoms with Crippen LogP contribution in [0.1, 0.15) is 27.2 Å². The monoisotopic (exact) mass is 272 g/mol. The maximum Gasteiger partial charge on any atom is 0.321 e. The van der Waals surface area contributed by atoms with E-state index in [2.05, 4.69) is 17.2 Å². The van der Waals surface area contributed by atoms with Gasteiger partial charge in [0.25, 0.3) is 0 Å². The molecule has 6 heteroatoms. The molecule has 0 unspecified atom stereocenters. The fourth-order valence-corrected chi connectivity index (χ4v) is 1.73. The van der Waals surface area contributed by atoms with E-state index in [0.29, 0.717) is 6.54 Å². The van der Waals surface area contributed by atoms with Gasteiger partial charge < -0.3 is 20.8 Å². The van der Waals surface area contributed by atoms with E-state index in [1.54, 1.807) is 13.0 Å². The lowest BCUT2D eigenvalue weighted by Gasteiger charge is -2.21. The highest BCUT2D eigenvalue weighted by atomic mass is 16.4. The van der Waals surface area contributed by atoms with E-state index >= 15 is 0 Å². The number of hydrogen-bond acceptors (Lipinski definition) is 4. The Morgan fingerprint density at radius 3 is 2.37 bits per heavy atom. The first-order chi connectivity index (χ1) is 8.72. The fourth-order valence-electron chi connectivity index (χ4n) is 1.73. The minimum Gasteiger partial charge on any atom is -0.480 e. The van der Waals surface area contributed by atoms with Crippen molar-refractivity contribution in [1.29, 1.82) is 0 Å². The molecule has 2 atom stereocenters. The molecule has 1 saturated heterocycles. The van der Waals surface area contributed by atoms with Crippen molar-refractivity contribution in [3.8, 4) is 0 Å². The lowest BCUT2D eigenvalue weighted by molar-refractivity contribution is -0.141. The van der Waals surface area contributed by atoms with Crippen molar-refractivity contribution in [2.75, 3.05) is 13.1 Å². The van der Waals surface area contributed by atoms with Crippen molar-refractivity contribution in [1.82, 2.24) is 10.6 Å². The first-order valence-corrected chi connectivity index (χ1v) is 6.25. The van der Waals surface area contributed by atoms with Crippen LogP contribution in [0.2, 0.25) is 0 Å². The summed E-state index contributed by atoms with van der Waals surface area (Å²) in [5.41, 5.74) is -0.0775. The maximum atomic E-state index is 10.6. The molecule has 0 radical (unpaired) electrons. The molecule has 0 spiro atoms. The highest BCUT2D eigenvalue weighted by Gasteiger charge is 2.38. The van der Waals surface area contributed by atoms with E-state index < -0.39 is 18.0 Å². The molecule has 1 fully saturated rings. The van der Waals surface area contributed by atoms with Crippen LogP contribution in [-0.2, 0) is 9.59 Å². The van der Waals surface area contributed by atoms with Gasteiger partial charge in [0, 0.05) is 6.54 Å². The number of rotatable bonds is 5. The van der Waals surface area contributed by atoms with Crippen LogP contribution >= 0.6 is 0 Å². The van der Waals surface area contributed by atoms with Gasteiger partial charge in [0.2, 0.25) is 0 Å². The van der Waals surface area contributed by atoms with Gasteiger partial charge in [-0.05, 0) is 25.3 Å². The Labute approximate surface area is 113 Å². The number of carbonyl (C=O) groups is 2. The third-order valence-electron chi connectivity index (χ3n) is 3.09. The van der Waals surface area contributed by atoms with Crippen LogP contribution in [0.25, 0.3) is 0 Å². The number of carboxylic acid groups (broad SMARTS) is 2. The van der Waals surface area contributed by atoms with Gasteiger partial charge in [0.1, 0.15) is 12.1 Å². The van der Waals surface area contributed by atoms with Crippen LogP contribution in [0.15, 0.2) is 12.7 Å². The standard InChI is InChI=1S/C7H13NO2.C6H11NO2/c1-7(2)3-4-8-5(7)6(9)10;1-3-4-7-5(2)6(8)9/h5,8H,3-4H2,1-2H3,(H,9,10);3,5,7H,1,4H2,2H3,(H,8,9)/t2*5-/m10/s1. The van der Waals surface area contributed by atoms with Crippen molar-refractivity contribution in [3.63, 3.8) is 0 Å². The molecule has 0 amide bonds. The van der Waals surface area contributed by atoms with Crippen LogP contribution in [0.3, 0.4) is 0 Å². The summed E-state index contributed by atoms with van der Waals surface area (Å²) < 4.78 is 0. The highest BCUT2D eigenvalue weighted by Crippen LogP contribution is 2.29. The number of aliphatic carboxylic acids is 2. The molecule has 110 valence electrons. The van der Waals surface area contributed by atoms with Crippen LogP contribution < -0.4 is 10.6 Å². The molecule has 0 bridgehead atoms. The molecular weight excluding hydrogens is 248 g/mol. The van der Waals surface area contributed by atoms with E-state index in [9.17, 15) is 9.59 Å². The second kappa shape index (κ2) is 7.91. The van der Waals surface area contributed by atoms with Gasteiger partial charge in [-0.1, -0.05) is 19.9 Å². The maximum absolute atomic E-state index is 10.6. The van der Waals surface area contributed by atoms with Gasteiger partial charge in [0.15, 0.2) is 0 Å². The predicted octanol–water partition coefficient (Wildman–Crippen LogP) is 0.694. The molecule has 0 aromatic rings. The Kier molecular flexibility index (Phi) is 7.33. The third kappa shape index (κ3) is 6.35. The Bertz CT molecular complexity index is 329. The van der Waals surface area contributed by atoms with Gasteiger partial charge in [0.05, 0.1) is 0 Å². The summed E-state index contributed by atoms with van der Waals surface area (Å²) in [4.78, 5) is 20.7. The third-order valence-corrected chi connectivity index (χ3v) is 3.09. The molecule has 6 nitrogen and oxygen atoms in total. The Balaban J connectivity index is 0.000000344. The molecule has 1 rings (SSSR count). The zero-order valence-corrected chi connectivity index (χ0v) is 11.8. The smallest absolute Gasteiger partial charge is 0.321 e. The summed E-state index contributed by atoms with van der Waals surface area (Å²) in [5.74, 6) is -1.57. The summed E-state index contributed by atoms with van der Waals surface area (Å²) in [7, 11) is 0. The summed E-state index contributed by atoms with van der Waals surface area (Å²) in [6.07, 6.45) is 2.57. The van der Waals surface area contributed by atoms with Gasteiger partial charge in [-0.15, -0.1) is 6.58 Å². The normalized spacial score (nSPS) is 21.9. The number of hydrogen-bond donors (Lipinski definition) is 4. The number of carboxylic acids is 2. The van der Waals surface area contributed by atoms with Crippen LogP contribution in [0, 0.1) is 5.41 Å². The summed E-state index contributed by atoms with van der Waals surface area (Å²) in [5, 5.41) is 22.7. The zero-order chi connectivity index (χ0) is 15.1. The lowest BCUT2D eigenvalue weighted by atomic mass is 9.85. The van der Waals surface area contributed by atoms with Crippen molar-refractivity contribution in [2.45, 2.75) is 39.3 Å². The van der Waals surface area contributed by atoms with Crippen molar-refractivity contribution in [3.05, 3.63) is 12.7 Å². The van der Waals surface area contributed by atoms with Crippen molar-refractivity contribution < 1.29 is 19.8 Å². The molecular formula is C13H24N2O4. The van der Waals surface area contributed by atoms with Crippen LogP contribution in [-0.4, -0.2) is 47.3 Å². The lowest BCUT2D eigenvalue weighted by Crippen LogP contribution is -2.39. The van der Waals surface area contributed by atoms with Crippen LogP contribution in [0.5, 0.6) is 0 Å². The molecule has 1 aliphatic rings. The minimum atomic E-state index is -0.836. The molecule has 1 aliphatic heterocycles. The Hall–Kier alpha value is -1.40. The van der Waals surface area contributed by atoms with Crippen molar-refractivity contribution >= 4 is 11.9 Å². The largest absolute Gasteiger partial charge is 0.480 e. The highest BCUT2D eigenvalue weighted by molar-refractivity contribution is 5.75. The topological polar surface area (TPSA) is 98.7 Å². The zero-order valence-electron chi connectivity index (χ0n) is 11.8.